The quantitative estimate of drug-likeness (QED) is 0.876. The van der Waals surface area contributed by atoms with Crippen molar-refractivity contribution >= 4 is 0 Å². The monoisotopic (exact) mass is 384 g/mol. The lowest BCUT2D eigenvalue weighted by Gasteiger charge is -2.23. The van der Waals surface area contributed by atoms with Crippen molar-refractivity contribution < 1.29 is 19.3 Å². The fourth-order valence-electron chi connectivity index (χ4n) is 4.81. The van der Waals surface area contributed by atoms with Gasteiger partial charge >= 0.3 is 0 Å². The van der Waals surface area contributed by atoms with Crippen molar-refractivity contribution in [3.63, 3.8) is 0 Å². The molecule has 0 radical (unpaired) electrons. The Hall–Kier alpha value is -1.73. The predicted molar refractivity (Wildman–Crippen MR) is 104 cm³/mol. The molecule has 0 bridgehead atoms. The van der Waals surface area contributed by atoms with E-state index in [-0.39, 0.29) is 24.4 Å². The highest BCUT2D eigenvalue weighted by atomic mass is 16.8. The molecule has 150 valence electrons. The van der Waals surface area contributed by atoms with Crippen LogP contribution in [0.15, 0.2) is 36.7 Å². The van der Waals surface area contributed by atoms with Crippen molar-refractivity contribution in [1.82, 2.24) is 9.78 Å². The molecule has 1 unspecified atom stereocenters. The third kappa shape index (κ3) is 3.28. The van der Waals surface area contributed by atoms with Gasteiger partial charge in [0.1, 0.15) is 12.3 Å². The topological polar surface area (TPSA) is 65.7 Å². The molecule has 1 aliphatic carbocycles. The largest absolute Gasteiger partial charge is 0.390 e. The minimum absolute atomic E-state index is 0.0442. The lowest BCUT2D eigenvalue weighted by Crippen LogP contribution is -2.28. The van der Waals surface area contributed by atoms with E-state index in [1.165, 1.54) is 12.0 Å². The summed E-state index contributed by atoms with van der Waals surface area (Å²) < 4.78 is 19.8. The molecule has 2 saturated heterocycles. The van der Waals surface area contributed by atoms with Crippen molar-refractivity contribution in [2.75, 3.05) is 6.61 Å². The molecule has 5 rings (SSSR count). The summed E-state index contributed by atoms with van der Waals surface area (Å²) in [6, 6.07) is 8.48. The first-order valence-corrected chi connectivity index (χ1v) is 10.3. The average molecular weight is 384 g/mol. The van der Waals surface area contributed by atoms with Gasteiger partial charge in [0.2, 0.25) is 0 Å². The molecule has 2 aliphatic heterocycles. The van der Waals surface area contributed by atoms with E-state index in [0.29, 0.717) is 6.42 Å². The minimum atomic E-state index is -0.645. The van der Waals surface area contributed by atoms with Crippen LogP contribution < -0.4 is 0 Å². The van der Waals surface area contributed by atoms with Crippen molar-refractivity contribution in [3.05, 3.63) is 42.2 Å². The van der Waals surface area contributed by atoms with Gasteiger partial charge in [-0.1, -0.05) is 24.3 Å². The van der Waals surface area contributed by atoms with E-state index in [2.05, 4.69) is 35.6 Å². The maximum atomic E-state index is 10.5. The summed E-state index contributed by atoms with van der Waals surface area (Å²) in [4.78, 5) is 0. The molecule has 6 nitrogen and oxygen atoms in total. The number of aliphatic hydroxyl groups excluding tert-OH is 1. The van der Waals surface area contributed by atoms with Gasteiger partial charge in [-0.15, -0.1) is 0 Å². The number of rotatable bonds is 3. The summed E-state index contributed by atoms with van der Waals surface area (Å²) in [5.74, 6) is -0.522. The van der Waals surface area contributed by atoms with Gasteiger partial charge in [0.05, 0.1) is 18.4 Å². The number of ether oxygens (including phenoxy) is 3. The van der Waals surface area contributed by atoms with Crippen molar-refractivity contribution in [1.29, 1.82) is 0 Å². The van der Waals surface area contributed by atoms with Gasteiger partial charge in [0, 0.05) is 24.3 Å². The van der Waals surface area contributed by atoms with Crippen LogP contribution in [0.4, 0.5) is 0 Å². The number of hydrogen-bond donors (Lipinski definition) is 1. The zero-order chi connectivity index (χ0) is 19.3. The van der Waals surface area contributed by atoms with Crippen LogP contribution in [0.25, 0.3) is 11.1 Å². The highest BCUT2D eigenvalue weighted by Gasteiger charge is 2.53. The summed E-state index contributed by atoms with van der Waals surface area (Å²) in [7, 11) is 0. The summed E-state index contributed by atoms with van der Waals surface area (Å²) in [6.07, 6.45) is 7.14. The fourth-order valence-corrected chi connectivity index (χ4v) is 4.81. The Morgan fingerprint density at radius 3 is 2.82 bits per heavy atom. The summed E-state index contributed by atoms with van der Waals surface area (Å²) in [5.41, 5.74) is 3.37. The van der Waals surface area contributed by atoms with E-state index < -0.39 is 11.9 Å². The van der Waals surface area contributed by atoms with Crippen LogP contribution in [0.5, 0.6) is 0 Å². The predicted octanol–water partition coefficient (Wildman–Crippen LogP) is 3.62. The lowest BCUT2D eigenvalue weighted by molar-refractivity contribution is -0.163. The second-order valence-electron chi connectivity index (χ2n) is 8.63. The third-order valence-electron chi connectivity index (χ3n) is 6.14. The number of benzene rings is 1. The Labute approximate surface area is 165 Å². The van der Waals surface area contributed by atoms with Crippen LogP contribution in [0.2, 0.25) is 0 Å². The average Bonchev–Trinajstić information content (AvgIpc) is 3.38. The second-order valence-corrected chi connectivity index (χ2v) is 8.63. The first-order valence-electron chi connectivity index (χ1n) is 10.3. The van der Waals surface area contributed by atoms with Crippen LogP contribution in [-0.2, 0) is 14.2 Å². The van der Waals surface area contributed by atoms with Crippen LogP contribution in [-0.4, -0.2) is 45.6 Å². The Balaban J connectivity index is 1.39. The number of aromatic nitrogens is 2. The van der Waals surface area contributed by atoms with Crippen molar-refractivity contribution in [3.8, 4) is 11.1 Å². The van der Waals surface area contributed by atoms with Gasteiger partial charge in [-0.05, 0) is 50.7 Å². The normalized spacial score (nSPS) is 34.5. The summed E-state index contributed by atoms with van der Waals surface area (Å²) >= 11 is 0. The van der Waals surface area contributed by atoms with Crippen molar-refractivity contribution in [2.24, 2.45) is 0 Å². The standard InChI is InChI=1S/C22H28N2O4/c1-22(2)27-20-17(11-18(25)21(20)28-22)15-7-5-6-14(10-15)16-12-23-24(13-16)19-8-3-4-9-26-19/h5-7,10,12-13,17-21,25H,3-4,8-9,11H2,1-2H3/t17-,18+,19?,20-,21+/m1/s1. The number of hydrogen-bond acceptors (Lipinski definition) is 5. The number of nitrogens with zero attached hydrogens (tertiary/aromatic N) is 2. The molecular weight excluding hydrogens is 356 g/mol. The molecule has 0 amide bonds. The molecule has 3 heterocycles. The van der Waals surface area contributed by atoms with E-state index in [9.17, 15) is 5.11 Å². The molecular formula is C22H28N2O4. The van der Waals surface area contributed by atoms with Crippen LogP contribution in [0.3, 0.4) is 0 Å². The smallest absolute Gasteiger partial charge is 0.163 e. The first-order chi connectivity index (χ1) is 13.5. The zero-order valence-corrected chi connectivity index (χ0v) is 16.5. The molecule has 28 heavy (non-hydrogen) atoms. The van der Waals surface area contributed by atoms with Crippen LogP contribution in [0, 0.1) is 0 Å². The lowest BCUT2D eigenvalue weighted by atomic mass is 9.93. The molecule has 5 atom stereocenters. The molecule has 1 aromatic heterocycles. The summed E-state index contributed by atoms with van der Waals surface area (Å²) in [6.45, 7) is 4.63. The Morgan fingerprint density at radius 2 is 2.00 bits per heavy atom. The van der Waals surface area contributed by atoms with E-state index in [0.717, 1.165) is 30.6 Å². The Kier molecular flexibility index (Phi) is 4.55. The first kappa shape index (κ1) is 18.3. The highest BCUT2D eigenvalue weighted by Crippen LogP contribution is 2.46. The van der Waals surface area contributed by atoms with Gasteiger partial charge in [0.25, 0.3) is 0 Å². The van der Waals surface area contributed by atoms with E-state index in [1.54, 1.807) is 0 Å². The SMILES string of the molecule is CC1(C)O[C@@H]2[C@H](O1)[C@@H](c1cccc(-c3cnn(C4CCCCO4)c3)c1)C[C@@H]2O. The van der Waals surface area contributed by atoms with E-state index >= 15 is 0 Å². The molecule has 3 fully saturated rings. The summed E-state index contributed by atoms with van der Waals surface area (Å²) in [5, 5.41) is 15.0. The van der Waals surface area contributed by atoms with Gasteiger partial charge in [0.15, 0.2) is 5.79 Å². The molecule has 3 aliphatic rings. The van der Waals surface area contributed by atoms with E-state index in [4.69, 9.17) is 14.2 Å². The Bertz CT molecular complexity index is 843. The molecule has 1 saturated carbocycles. The third-order valence-corrected chi connectivity index (χ3v) is 6.14. The highest BCUT2D eigenvalue weighted by molar-refractivity contribution is 5.63. The molecule has 2 aromatic rings. The minimum Gasteiger partial charge on any atom is -0.390 e. The van der Waals surface area contributed by atoms with Crippen LogP contribution in [0.1, 0.15) is 57.2 Å². The number of fused-ring (bicyclic) bond motifs is 1. The molecule has 1 N–H and O–H groups in total. The maximum Gasteiger partial charge on any atom is 0.163 e. The second kappa shape index (κ2) is 6.95. The van der Waals surface area contributed by atoms with Crippen molar-refractivity contribution in [2.45, 2.75) is 75.8 Å². The molecule has 6 heteroatoms. The molecule has 0 spiro atoms. The zero-order valence-electron chi connectivity index (χ0n) is 16.5. The molecule has 1 aromatic carbocycles. The van der Waals surface area contributed by atoms with Gasteiger partial charge in [-0.2, -0.15) is 5.10 Å². The fraction of sp³-hybridized carbons (Fsp3) is 0.591. The van der Waals surface area contributed by atoms with Crippen LogP contribution >= 0.6 is 0 Å². The van der Waals surface area contributed by atoms with Gasteiger partial charge in [-0.3, -0.25) is 0 Å². The van der Waals surface area contributed by atoms with E-state index in [1.807, 2.05) is 24.7 Å². The maximum absolute atomic E-state index is 10.5. The number of aliphatic hydroxyl groups is 1. The van der Waals surface area contributed by atoms with Gasteiger partial charge < -0.3 is 19.3 Å². The Morgan fingerprint density at radius 1 is 1.14 bits per heavy atom. The van der Waals surface area contributed by atoms with Gasteiger partial charge in [-0.25, -0.2) is 4.68 Å².